The molecule has 5 rings (SSSR count). The molecule has 12 heteroatoms. The fraction of sp³-hybridized carbons (Fsp3) is 0.172. The third-order valence-corrected chi connectivity index (χ3v) is 7.60. The molecule has 3 aromatic carbocycles. The van der Waals surface area contributed by atoms with E-state index in [1.54, 1.807) is 37.3 Å². The molecule has 0 radical (unpaired) electrons. The van der Waals surface area contributed by atoms with Gasteiger partial charge in [0.25, 0.3) is 0 Å². The number of anilines is 2. The second kappa shape index (κ2) is 11.6. The van der Waals surface area contributed by atoms with E-state index < -0.39 is 29.7 Å². The SMILES string of the molecule is Cc1cc2cc(C(=O)c3cnn(-c4ccc(Oc5cccc(F)c5F)cc4C)c3N)[nH]c2cc1N[S+]([O-])CCCF. The van der Waals surface area contributed by atoms with Gasteiger partial charge in [-0.05, 0) is 73.5 Å². The van der Waals surface area contributed by atoms with Gasteiger partial charge in [0.1, 0.15) is 17.3 Å². The third kappa shape index (κ3) is 5.74. The molecule has 2 aromatic heterocycles. The van der Waals surface area contributed by atoms with Crippen molar-refractivity contribution in [2.24, 2.45) is 0 Å². The maximum atomic E-state index is 14.0. The van der Waals surface area contributed by atoms with E-state index in [4.69, 9.17) is 10.5 Å². The van der Waals surface area contributed by atoms with Gasteiger partial charge in [0, 0.05) is 17.3 Å². The quantitative estimate of drug-likeness (QED) is 0.132. The van der Waals surface area contributed by atoms with E-state index in [1.165, 1.54) is 23.0 Å². The summed E-state index contributed by atoms with van der Waals surface area (Å²) in [4.78, 5) is 16.5. The van der Waals surface area contributed by atoms with Crippen molar-refractivity contribution < 1.29 is 27.3 Å². The van der Waals surface area contributed by atoms with Gasteiger partial charge in [-0.1, -0.05) is 6.07 Å². The van der Waals surface area contributed by atoms with Crippen LogP contribution in [0.1, 0.15) is 33.6 Å². The fourth-order valence-corrected chi connectivity index (χ4v) is 5.31. The molecule has 4 N–H and O–H groups in total. The van der Waals surface area contributed by atoms with E-state index in [0.29, 0.717) is 28.1 Å². The number of aryl methyl sites for hydroxylation is 2. The van der Waals surface area contributed by atoms with Gasteiger partial charge in [-0.25, -0.2) is 13.8 Å². The monoisotopic (exact) mass is 581 g/mol. The number of nitrogen functional groups attached to an aromatic ring is 1. The highest BCUT2D eigenvalue weighted by Crippen LogP contribution is 2.31. The Bertz CT molecular complexity index is 1750. The van der Waals surface area contributed by atoms with Gasteiger partial charge in [-0.2, -0.15) is 9.49 Å². The summed E-state index contributed by atoms with van der Waals surface area (Å²) in [5.41, 5.74) is 10.1. The summed E-state index contributed by atoms with van der Waals surface area (Å²) < 4.78 is 61.9. The highest BCUT2D eigenvalue weighted by molar-refractivity contribution is 7.92. The van der Waals surface area contributed by atoms with E-state index in [-0.39, 0.29) is 40.8 Å². The van der Waals surface area contributed by atoms with Gasteiger partial charge in [0.15, 0.2) is 11.6 Å². The van der Waals surface area contributed by atoms with Crippen molar-refractivity contribution in [2.75, 3.05) is 22.9 Å². The molecule has 0 aliphatic carbocycles. The molecule has 0 fully saturated rings. The first-order chi connectivity index (χ1) is 19.7. The number of carbonyl (C=O) groups is 1. The van der Waals surface area contributed by atoms with E-state index in [1.807, 2.05) is 13.0 Å². The van der Waals surface area contributed by atoms with Crippen LogP contribution in [-0.4, -0.2) is 37.5 Å². The molecular formula is C29H26F3N5O3S. The molecule has 0 saturated carbocycles. The first-order valence-corrected chi connectivity index (χ1v) is 13.9. The number of aromatic amines is 1. The molecule has 0 saturated heterocycles. The average Bonchev–Trinajstić information content (AvgIpc) is 3.53. The number of benzene rings is 3. The summed E-state index contributed by atoms with van der Waals surface area (Å²) >= 11 is -1.43. The second-order valence-corrected chi connectivity index (χ2v) is 10.7. The normalized spacial score (nSPS) is 12.0. The number of ether oxygens (including phenoxy) is 1. The summed E-state index contributed by atoms with van der Waals surface area (Å²) in [5, 5.41) is 5.08. The predicted molar refractivity (Wildman–Crippen MR) is 153 cm³/mol. The largest absolute Gasteiger partial charge is 0.593 e. The number of nitrogens with two attached hydrogens (primary N) is 1. The standard InChI is InChI=1S/C29H26F3N5O3S/c1-16-11-18-13-24(35-23(18)14-22(16)36-41(39)10-4-9-30)28(38)20-15-34-37(29(20)33)25-8-7-19(12-17(25)2)40-26-6-3-5-21(31)27(26)32/h3,5-8,11-15,35-36H,4,9-10,33H2,1-2H3. The van der Waals surface area contributed by atoms with Crippen molar-refractivity contribution in [3.8, 4) is 17.2 Å². The first-order valence-electron chi connectivity index (χ1n) is 12.6. The van der Waals surface area contributed by atoms with Gasteiger partial charge in [-0.15, -0.1) is 0 Å². The van der Waals surface area contributed by atoms with Crippen LogP contribution in [0.2, 0.25) is 0 Å². The summed E-state index contributed by atoms with van der Waals surface area (Å²) in [6.07, 6.45) is 1.57. The number of nitrogens with one attached hydrogen (secondary N) is 2. The van der Waals surface area contributed by atoms with Crippen LogP contribution in [0.4, 0.5) is 24.7 Å². The van der Waals surface area contributed by atoms with Crippen LogP contribution in [0.3, 0.4) is 0 Å². The highest BCUT2D eigenvalue weighted by Gasteiger charge is 2.21. The Morgan fingerprint density at radius 1 is 1.15 bits per heavy atom. The molecule has 1 unspecified atom stereocenters. The number of rotatable bonds is 10. The maximum absolute atomic E-state index is 14.0. The zero-order valence-electron chi connectivity index (χ0n) is 22.1. The van der Waals surface area contributed by atoms with Gasteiger partial charge in [0.2, 0.25) is 11.6 Å². The Hall–Kier alpha value is -4.42. The number of nitrogens with zero attached hydrogens (tertiary/aromatic N) is 2. The lowest BCUT2D eigenvalue weighted by molar-refractivity contribution is 0.103. The maximum Gasteiger partial charge on any atom is 0.214 e. The van der Waals surface area contributed by atoms with Gasteiger partial charge >= 0.3 is 0 Å². The van der Waals surface area contributed by atoms with E-state index >= 15 is 0 Å². The zero-order valence-corrected chi connectivity index (χ0v) is 22.9. The number of H-pyrrole nitrogens is 1. The van der Waals surface area contributed by atoms with Crippen molar-refractivity contribution in [1.29, 1.82) is 0 Å². The predicted octanol–water partition coefficient (Wildman–Crippen LogP) is 6.29. The topological polar surface area (TPSA) is 121 Å². The molecule has 2 heterocycles. The number of hydrogen-bond donors (Lipinski definition) is 3. The lowest BCUT2D eigenvalue weighted by atomic mass is 10.1. The lowest BCUT2D eigenvalue weighted by Gasteiger charge is -2.13. The smallest absolute Gasteiger partial charge is 0.214 e. The van der Waals surface area contributed by atoms with E-state index in [0.717, 1.165) is 17.0 Å². The van der Waals surface area contributed by atoms with Crippen molar-refractivity contribution in [3.63, 3.8) is 0 Å². The van der Waals surface area contributed by atoms with Crippen LogP contribution in [0.15, 0.2) is 60.8 Å². The van der Waals surface area contributed by atoms with Crippen LogP contribution in [0.25, 0.3) is 16.6 Å². The lowest BCUT2D eigenvalue weighted by Crippen LogP contribution is -2.17. The number of halogens is 3. The van der Waals surface area contributed by atoms with E-state index in [9.17, 15) is 22.5 Å². The van der Waals surface area contributed by atoms with Gasteiger partial charge in [0.05, 0.1) is 46.9 Å². The Morgan fingerprint density at radius 2 is 1.95 bits per heavy atom. The first kappa shape index (κ1) is 28.1. The number of alkyl halides is 1. The molecule has 41 heavy (non-hydrogen) atoms. The minimum absolute atomic E-state index is 0.114. The fourth-order valence-electron chi connectivity index (χ4n) is 4.37. The summed E-state index contributed by atoms with van der Waals surface area (Å²) in [5.74, 6) is -2.13. The Balaban J connectivity index is 1.38. The summed E-state index contributed by atoms with van der Waals surface area (Å²) in [6.45, 7) is 3.07. The number of fused-ring (bicyclic) bond motifs is 1. The minimum atomic E-state index is -1.43. The van der Waals surface area contributed by atoms with Crippen molar-refractivity contribution >= 4 is 39.6 Å². The van der Waals surface area contributed by atoms with Crippen LogP contribution in [0, 0.1) is 25.5 Å². The van der Waals surface area contributed by atoms with Crippen molar-refractivity contribution in [3.05, 3.63) is 94.8 Å². The molecule has 1 atom stereocenters. The molecule has 0 spiro atoms. The van der Waals surface area contributed by atoms with Gasteiger partial charge < -0.3 is 20.0 Å². The third-order valence-electron chi connectivity index (χ3n) is 6.49. The molecule has 5 aromatic rings. The highest BCUT2D eigenvalue weighted by atomic mass is 32.2. The number of ketones is 1. The Labute approximate surface area is 236 Å². The van der Waals surface area contributed by atoms with Crippen LogP contribution < -0.4 is 15.2 Å². The number of carbonyl (C=O) groups excluding carboxylic acids is 1. The molecule has 0 aliphatic rings. The number of aromatic nitrogens is 3. The Kier molecular flexibility index (Phi) is 7.95. The van der Waals surface area contributed by atoms with Crippen LogP contribution in [-0.2, 0) is 11.4 Å². The van der Waals surface area contributed by atoms with E-state index in [2.05, 4.69) is 14.8 Å². The zero-order chi connectivity index (χ0) is 29.3. The molecule has 8 nitrogen and oxygen atoms in total. The van der Waals surface area contributed by atoms with Crippen molar-refractivity contribution in [1.82, 2.24) is 14.8 Å². The average molecular weight is 582 g/mol. The van der Waals surface area contributed by atoms with Crippen LogP contribution in [0.5, 0.6) is 11.5 Å². The second-order valence-electron chi connectivity index (χ2n) is 9.42. The summed E-state index contributed by atoms with van der Waals surface area (Å²) in [6, 6.07) is 13.8. The molecule has 0 amide bonds. The molecule has 212 valence electrons. The van der Waals surface area contributed by atoms with Gasteiger partial charge in [-0.3, -0.25) is 9.18 Å². The molecule has 0 aliphatic heterocycles. The Morgan fingerprint density at radius 3 is 2.71 bits per heavy atom. The van der Waals surface area contributed by atoms with Crippen molar-refractivity contribution in [2.45, 2.75) is 20.3 Å². The minimum Gasteiger partial charge on any atom is -0.593 e. The summed E-state index contributed by atoms with van der Waals surface area (Å²) in [7, 11) is 0. The number of hydrogen-bond acceptors (Lipinski definition) is 6. The molecular weight excluding hydrogens is 555 g/mol. The molecule has 0 bridgehead atoms. The van der Waals surface area contributed by atoms with Crippen LogP contribution >= 0.6 is 0 Å².